The first-order chi connectivity index (χ1) is 10.6. The number of rotatable bonds is 3. The van der Waals surface area contributed by atoms with Crippen molar-refractivity contribution in [2.45, 2.75) is 38.2 Å². The lowest BCUT2D eigenvalue weighted by molar-refractivity contribution is 0.0535. The van der Waals surface area contributed by atoms with Crippen molar-refractivity contribution >= 4 is 13.2 Å². The number of aliphatic hydroxyl groups excluding tert-OH is 1. The van der Waals surface area contributed by atoms with E-state index in [0.29, 0.717) is 18.7 Å². The lowest BCUT2D eigenvalue weighted by atomic mass is 9.66. The molecule has 0 radical (unpaired) electrons. The van der Waals surface area contributed by atoms with E-state index >= 15 is 0 Å². The van der Waals surface area contributed by atoms with Crippen LogP contribution < -0.4 is 0 Å². The molecule has 116 valence electrons. The molecule has 0 aliphatic carbocycles. The molecule has 2 fully saturated rings. The summed E-state index contributed by atoms with van der Waals surface area (Å²) >= 11 is 0. The average Bonchev–Trinajstić information content (AvgIpc) is 3.15. The van der Waals surface area contributed by atoms with Crippen molar-refractivity contribution in [2.24, 2.45) is 5.92 Å². The van der Waals surface area contributed by atoms with E-state index in [-0.39, 0.29) is 5.97 Å². The standard InChI is InChI=1S/C17H22BNO3/c1-10-12(2-3-13-14(10)9-22-17(13)21)16(20)8-19-6-11-4-5-18-15(11)7-19/h2-3,11,15-16,18,20H,4-9H2,1H3/t11?,15?,16-/m0/s1. The van der Waals surface area contributed by atoms with Crippen molar-refractivity contribution in [3.63, 3.8) is 0 Å². The van der Waals surface area contributed by atoms with Gasteiger partial charge in [-0.3, -0.25) is 0 Å². The molecule has 3 atom stereocenters. The Labute approximate surface area is 131 Å². The Hall–Kier alpha value is -1.33. The molecule has 22 heavy (non-hydrogen) atoms. The smallest absolute Gasteiger partial charge is 0.338 e. The van der Waals surface area contributed by atoms with E-state index in [1.165, 1.54) is 20.0 Å². The maximum Gasteiger partial charge on any atom is 0.338 e. The minimum absolute atomic E-state index is 0.244. The molecule has 0 amide bonds. The number of nitrogens with zero attached hydrogens (tertiary/aromatic N) is 1. The molecule has 0 spiro atoms. The number of fused-ring (bicyclic) bond motifs is 2. The van der Waals surface area contributed by atoms with Crippen LogP contribution in [0.4, 0.5) is 0 Å². The highest BCUT2D eigenvalue weighted by atomic mass is 16.5. The van der Waals surface area contributed by atoms with Gasteiger partial charge in [0, 0.05) is 18.7 Å². The third-order valence-electron chi connectivity index (χ3n) is 5.80. The summed E-state index contributed by atoms with van der Waals surface area (Å²) in [4.78, 5) is 14.0. The molecule has 3 aliphatic heterocycles. The molecule has 3 aliphatic rings. The van der Waals surface area contributed by atoms with Crippen LogP contribution in [-0.2, 0) is 11.3 Å². The minimum atomic E-state index is -0.486. The first-order valence-electron chi connectivity index (χ1n) is 8.33. The van der Waals surface area contributed by atoms with Crippen LogP contribution in [0.5, 0.6) is 0 Å². The van der Waals surface area contributed by atoms with E-state index in [4.69, 9.17) is 4.74 Å². The first kappa shape index (κ1) is 14.3. The van der Waals surface area contributed by atoms with E-state index in [1.54, 1.807) is 6.07 Å². The van der Waals surface area contributed by atoms with Gasteiger partial charge in [0.15, 0.2) is 0 Å². The molecule has 2 unspecified atom stereocenters. The summed E-state index contributed by atoms with van der Waals surface area (Å²) < 4.78 is 5.09. The summed E-state index contributed by atoms with van der Waals surface area (Å²) in [6, 6.07) is 3.69. The van der Waals surface area contributed by atoms with Gasteiger partial charge in [-0.1, -0.05) is 18.8 Å². The van der Waals surface area contributed by atoms with Gasteiger partial charge in [-0.15, -0.1) is 0 Å². The molecular formula is C17H22BNO3. The summed E-state index contributed by atoms with van der Waals surface area (Å²) in [5, 5.41) is 10.7. The van der Waals surface area contributed by atoms with Gasteiger partial charge in [-0.25, -0.2) is 4.79 Å². The quantitative estimate of drug-likeness (QED) is 0.681. The van der Waals surface area contributed by atoms with Crippen LogP contribution >= 0.6 is 0 Å². The van der Waals surface area contributed by atoms with Gasteiger partial charge in [-0.05, 0) is 42.4 Å². The highest BCUT2D eigenvalue weighted by Crippen LogP contribution is 2.39. The average molecular weight is 299 g/mol. The zero-order chi connectivity index (χ0) is 15.3. The van der Waals surface area contributed by atoms with Crippen molar-refractivity contribution in [1.82, 2.24) is 4.90 Å². The fraction of sp³-hybridized carbons (Fsp3) is 0.588. The van der Waals surface area contributed by atoms with E-state index in [1.807, 2.05) is 13.0 Å². The van der Waals surface area contributed by atoms with Gasteiger partial charge < -0.3 is 14.7 Å². The van der Waals surface area contributed by atoms with Gasteiger partial charge in [0.2, 0.25) is 0 Å². The SMILES string of the molecule is Cc1c([C@@H](O)CN2CC3BCCC3C2)ccc2c1COC2=O. The number of hydrogen-bond donors (Lipinski definition) is 1. The number of β-amino-alcohol motifs (C(OH)–C–C–N with tert-alkyl or cyclic N) is 1. The number of cyclic esters (lactones) is 1. The normalized spacial score (nSPS) is 28.2. The number of carbonyl (C=O) groups excluding carboxylic acids is 1. The second-order valence-electron chi connectivity index (χ2n) is 7.07. The Kier molecular flexibility index (Phi) is 3.50. The predicted octanol–water partition coefficient (Wildman–Crippen LogP) is 1.68. The molecule has 0 bridgehead atoms. The van der Waals surface area contributed by atoms with Crippen LogP contribution in [0.25, 0.3) is 0 Å². The van der Waals surface area contributed by atoms with E-state index < -0.39 is 6.10 Å². The van der Waals surface area contributed by atoms with Crippen LogP contribution in [0.15, 0.2) is 12.1 Å². The maximum absolute atomic E-state index is 11.6. The van der Waals surface area contributed by atoms with E-state index in [0.717, 1.165) is 41.5 Å². The van der Waals surface area contributed by atoms with Crippen molar-refractivity contribution in [1.29, 1.82) is 0 Å². The summed E-state index contributed by atoms with van der Waals surface area (Å²) in [5.41, 5.74) is 3.55. The number of aliphatic hydroxyl groups is 1. The van der Waals surface area contributed by atoms with E-state index in [2.05, 4.69) is 4.90 Å². The molecule has 4 nitrogen and oxygen atoms in total. The van der Waals surface area contributed by atoms with Gasteiger partial charge in [0.25, 0.3) is 0 Å². The van der Waals surface area contributed by atoms with Gasteiger partial charge in [0.05, 0.1) is 11.7 Å². The number of ether oxygens (including phenoxy) is 1. The van der Waals surface area contributed by atoms with Crippen molar-refractivity contribution in [3.8, 4) is 0 Å². The Balaban J connectivity index is 1.49. The molecule has 5 heteroatoms. The number of hydrogen-bond acceptors (Lipinski definition) is 4. The fourth-order valence-electron chi connectivity index (χ4n) is 4.55. The first-order valence-corrected chi connectivity index (χ1v) is 8.33. The minimum Gasteiger partial charge on any atom is -0.457 e. The van der Waals surface area contributed by atoms with Crippen LogP contribution in [0.1, 0.15) is 39.6 Å². The third-order valence-corrected chi connectivity index (χ3v) is 5.80. The fourth-order valence-corrected chi connectivity index (χ4v) is 4.55. The second-order valence-corrected chi connectivity index (χ2v) is 7.07. The number of benzene rings is 1. The lowest BCUT2D eigenvalue weighted by Crippen LogP contribution is -2.27. The molecule has 0 aromatic heterocycles. The zero-order valence-electron chi connectivity index (χ0n) is 13.0. The molecule has 3 heterocycles. The molecule has 4 rings (SSSR count). The van der Waals surface area contributed by atoms with E-state index in [9.17, 15) is 9.90 Å². The maximum atomic E-state index is 11.6. The summed E-state index contributed by atoms with van der Waals surface area (Å²) in [6.45, 7) is 5.29. The van der Waals surface area contributed by atoms with Crippen LogP contribution in [0.2, 0.25) is 12.1 Å². The van der Waals surface area contributed by atoms with Crippen molar-refractivity contribution < 1.29 is 14.6 Å². The van der Waals surface area contributed by atoms with Crippen molar-refractivity contribution in [3.05, 3.63) is 34.4 Å². The summed E-state index contributed by atoms with van der Waals surface area (Å²) in [7, 11) is 1.36. The number of likely N-dealkylation sites (tertiary alicyclic amines) is 1. The number of esters is 1. The largest absolute Gasteiger partial charge is 0.457 e. The second kappa shape index (κ2) is 5.39. The van der Waals surface area contributed by atoms with Crippen molar-refractivity contribution in [2.75, 3.05) is 19.6 Å². The predicted molar refractivity (Wildman–Crippen MR) is 85.5 cm³/mol. The molecular weight excluding hydrogens is 277 g/mol. The summed E-state index contributed by atoms with van der Waals surface area (Å²) in [5.74, 6) is 1.45. The molecule has 2 saturated heterocycles. The zero-order valence-corrected chi connectivity index (χ0v) is 13.0. The Morgan fingerprint density at radius 2 is 2.32 bits per heavy atom. The van der Waals surface area contributed by atoms with Gasteiger partial charge >= 0.3 is 5.97 Å². The Morgan fingerprint density at radius 1 is 1.45 bits per heavy atom. The molecule has 1 N–H and O–H groups in total. The molecule has 1 aromatic carbocycles. The van der Waals surface area contributed by atoms with Crippen LogP contribution in [0.3, 0.4) is 0 Å². The van der Waals surface area contributed by atoms with Crippen LogP contribution in [-0.4, -0.2) is 42.9 Å². The molecule has 0 saturated carbocycles. The topological polar surface area (TPSA) is 49.8 Å². The summed E-state index contributed by atoms with van der Waals surface area (Å²) in [6.07, 6.45) is 2.25. The third kappa shape index (κ3) is 2.27. The highest BCUT2D eigenvalue weighted by Gasteiger charge is 2.37. The van der Waals surface area contributed by atoms with Gasteiger partial charge in [0.1, 0.15) is 13.9 Å². The molecule has 1 aromatic rings. The Bertz CT molecular complexity index is 606. The van der Waals surface area contributed by atoms with Gasteiger partial charge in [-0.2, -0.15) is 0 Å². The Morgan fingerprint density at radius 3 is 3.14 bits per heavy atom. The monoisotopic (exact) mass is 299 g/mol. The van der Waals surface area contributed by atoms with Crippen LogP contribution in [0, 0.1) is 12.8 Å². The lowest BCUT2D eigenvalue weighted by Gasteiger charge is -2.22. The highest BCUT2D eigenvalue weighted by molar-refractivity contribution is 6.39. The number of carbonyl (C=O) groups is 1.